The molecule has 1 heterocycles. The average molecular weight is 481 g/mol. The van der Waals surface area contributed by atoms with E-state index in [-0.39, 0.29) is 38.1 Å². The largest absolute Gasteiger partial charge is 0.481 e. The van der Waals surface area contributed by atoms with Crippen LogP contribution in [0.5, 0.6) is 0 Å². The molecule has 0 bridgehead atoms. The molecule has 1 saturated heterocycles. The maximum absolute atomic E-state index is 13.0. The molecule has 2 aromatic carbocycles. The van der Waals surface area contributed by atoms with Gasteiger partial charge in [0.25, 0.3) is 0 Å². The standard InChI is InChI=1S/C27H32N2O6/c1-3-12-29(24-16-34-14-23(24)26(31)32)25(30)13-17(2)28-27(33)35-15-22-20-10-6-4-8-18(20)19-9-5-7-11-21(19)22/h4-11,17,22-24H,3,12-16H2,1-2H3,(H,28,33)(H,31,32). The van der Waals surface area contributed by atoms with Crippen LogP contribution in [0.2, 0.25) is 0 Å². The van der Waals surface area contributed by atoms with Crippen LogP contribution in [0.4, 0.5) is 4.79 Å². The van der Waals surface area contributed by atoms with Gasteiger partial charge in [-0.05, 0) is 35.6 Å². The van der Waals surface area contributed by atoms with Crippen molar-refractivity contribution in [3.8, 4) is 11.1 Å². The molecule has 0 saturated carbocycles. The van der Waals surface area contributed by atoms with Gasteiger partial charge in [-0.15, -0.1) is 0 Å². The number of hydrogen-bond donors (Lipinski definition) is 2. The van der Waals surface area contributed by atoms with E-state index in [0.717, 1.165) is 22.3 Å². The van der Waals surface area contributed by atoms with Gasteiger partial charge in [-0.2, -0.15) is 0 Å². The summed E-state index contributed by atoms with van der Waals surface area (Å²) in [6.07, 6.45) is 0.164. The second-order valence-electron chi connectivity index (χ2n) is 9.21. The number of fused-ring (bicyclic) bond motifs is 3. The number of alkyl carbamates (subject to hydrolysis) is 1. The summed E-state index contributed by atoms with van der Waals surface area (Å²) < 4.78 is 10.9. The van der Waals surface area contributed by atoms with Crippen molar-refractivity contribution < 1.29 is 29.0 Å². The molecule has 2 amide bonds. The Bertz CT molecular complexity index is 1040. The first-order valence-electron chi connectivity index (χ1n) is 12.1. The van der Waals surface area contributed by atoms with E-state index in [0.29, 0.717) is 13.0 Å². The molecule has 1 aliphatic heterocycles. The summed E-state index contributed by atoms with van der Waals surface area (Å²) in [5, 5.41) is 12.2. The molecule has 4 rings (SSSR count). The fraction of sp³-hybridized carbons (Fsp3) is 0.444. The Kier molecular flexibility index (Phi) is 7.70. The highest BCUT2D eigenvalue weighted by Crippen LogP contribution is 2.44. The van der Waals surface area contributed by atoms with Crippen molar-refractivity contribution in [1.82, 2.24) is 10.2 Å². The summed E-state index contributed by atoms with van der Waals surface area (Å²) in [4.78, 5) is 38.7. The highest BCUT2D eigenvalue weighted by atomic mass is 16.5. The SMILES string of the molecule is CCCN(C(=O)CC(C)NC(=O)OCC1c2ccccc2-c2ccccc21)C1COCC1C(=O)O. The van der Waals surface area contributed by atoms with Crippen LogP contribution in [-0.4, -0.2) is 66.4 Å². The highest BCUT2D eigenvalue weighted by molar-refractivity contribution is 5.80. The first-order chi connectivity index (χ1) is 16.9. The number of nitrogens with zero attached hydrogens (tertiary/aromatic N) is 1. The number of amides is 2. The van der Waals surface area contributed by atoms with Crippen LogP contribution in [0.3, 0.4) is 0 Å². The molecule has 3 atom stereocenters. The summed E-state index contributed by atoms with van der Waals surface area (Å²) in [7, 11) is 0. The Hall–Kier alpha value is -3.39. The number of carbonyl (C=O) groups is 3. The Morgan fingerprint density at radius 3 is 2.31 bits per heavy atom. The lowest BCUT2D eigenvalue weighted by Gasteiger charge is -2.31. The van der Waals surface area contributed by atoms with E-state index < -0.39 is 30.1 Å². The Balaban J connectivity index is 1.33. The zero-order chi connectivity index (χ0) is 24.9. The Morgan fingerprint density at radius 1 is 1.09 bits per heavy atom. The summed E-state index contributed by atoms with van der Waals surface area (Å²) in [6, 6.07) is 15.3. The fourth-order valence-corrected chi connectivity index (χ4v) is 5.07. The van der Waals surface area contributed by atoms with Crippen LogP contribution in [0.1, 0.15) is 43.7 Å². The van der Waals surface area contributed by atoms with Crippen molar-refractivity contribution in [2.45, 2.75) is 44.7 Å². The van der Waals surface area contributed by atoms with Crippen molar-refractivity contribution in [1.29, 1.82) is 0 Å². The number of ether oxygens (including phenoxy) is 2. The number of rotatable bonds is 9. The van der Waals surface area contributed by atoms with E-state index in [4.69, 9.17) is 9.47 Å². The van der Waals surface area contributed by atoms with Gasteiger partial charge < -0.3 is 24.8 Å². The van der Waals surface area contributed by atoms with Gasteiger partial charge in [-0.1, -0.05) is 55.5 Å². The maximum atomic E-state index is 13.0. The molecule has 8 heteroatoms. The van der Waals surface area contributed by atoms with E-state index in [1.165, 1.54) is 0 Å². The van der Waals surface area contributed by atoms with E-state index in [1.54, 1.807) is 11.8 Å². The normalized spacial score (nSPS) is 19.5. The number of hydrogen-bond acceptors (Lipinski definition) is 5. The monoisotopic (exact) mass is 480 g/mol. The van der Waals surface area contributed by atoms with Crippen molar-refractivity contribution in [3.63, 3.8) is 0 Å². The predicted octanol–water partition coefficient (Wildman–Crippen LogP) is 3.64. The van der Waals surface area contributed by atoms with Crippen LogP contribution in [-0.2, 0) is 19.1 Å². The van der Waals surface area contributed by atoms with E-state index in [1.807, 2.05) is 31.2 Å². The molecule has 35 heavy (non-hydrogen) atoms. The lowest BCUT2D eigenvalue weighted by atomic mass is 9.98. The van der Waals surface area contributed by atoms with Crippen molar-refractivity contribution in [2.75, 3.05) is 26.4 Å². The molecule has 0 aromatic heterocycles. The minimum atomic E-state index is -0.966. The number of carbonyl (C=O) groups excluding carboxylic acids is 2. The number of aliphatic carboxylic acids is 1. The molecule has 2 aromatic rings. The van der Waals surface area contributed by atoms with Gasteiger partial charge in [0, 0.05) is 24.9 Å². The van der Waals surface area contributed by atoms with Gasteiger partial charge in [0.1, 0.15) is 12.5 Å². The van der Waals surface area contributed by atoms with Crippen LogP contribution >= 0.6 is 0 Å². The third kappa shape index (κ3) is 5.32. The third-order valence-electron chi connectivity index (χ3n) is 6.74. The van der Waals surface area contributed by atoms with Crippen LogP contribution < -0.4 is 5.32 Å². The molecule has 1 aliphatic carbocycles. The maximum Gasteiger partial charge on any atom is 0.407 e. The van der Waals surface area contributed by atoms with E-state index in [9.17, 15) is 19.5 Å². The minimum absolute atomic E-state index is 0.0412. The quantitative estimate of drug-likeness (QED) is 0.568. The summed E-state index contributed by atoms with van der Waals surface area (Å²) >= 11 is 0. The predicted molar refractivity (Wildman–Crippen MR) is 130 cm³/mol. The molecule has 2 aliphatic rings. The number of nitrogens with one attached hydrogen (secondary N) is 1. The van der Waals surface area contributed by atoms with Gasteiger partial charge in [-0.3, -0.25) is 9.59 Å². The van der Waals surface area contributed by atoms with Crippen molar-refractivity contribution in [3.05, 3.63) is 59.7 Å². The Labute approximate surface area is 205 Å². The molecule has 2 N–H and O–H groups in total. The molecule has 1 fully saturated rings. The third-order valence-corrected chi connectivity index (χ3v) is 6.74. The molecular weight excluding hydrogens is 448 g/mol. The molecule has 186 valence electrons. The van der Waals surface area contributed by atoms with E-state index >= 15 is 0 Å². The minimum Gasteiger partial charge on any atom is -0.481 e. The molecule has 0 radical (unpaired) electrons. The average Bonchev–Trinajstić information content (AvgIpc) is 3.44. The van der Waals surface area contributed by atoms with Gasteiger partial charge in [0.2, 0.25) is 5.91 Å². The van der Waals surface area contributed by atoms with Crippen LogP contribution in [0.25, 0.3) is 11.1 Å². The molecule has 0 spiro atoms. The van der Waals surface area contributed by atoms with Gasteiger partial charge in [0.15, 0.2) is 0 Å². The van der Waals surface area contributed by atoms with Gasteiger partial charge in [0.05, 0.1) is 19.3 Å². The first kappa shape index (κ1) is 24.7. The second kappa shape index (κ2) is 10.9. The van der Waals surface area contributed by atoms with Crippen LogP contribution in [0.15, 0.2) is 48.5 Å². The second-order valence-corrected chi connectivity index (χ2v) is 9.21. The lowest BCUT2D eigenvalue weighted by molar-refractivity contribution is -0.145. The fourth-order valence-electron chi connectivity index (χ4n) is 5.07. The van der Waals surface area contributed by atoms with Gasteiger partial charge >= 0.3 is 12.1 Å². The lowest BCUT2D eigenvalue weighted by Crippen LogP contribution is -2.48. The zero-order valence-electron chi connectivity index (χ0n) is 20.1. The highest BCUT2D eigenvalue weighted by Gasteiger charge is 2.40. The smallest absolute Gasteiger partial charge is 0.407 e. The topological polar surface area (TPSA) is 105 Å². The molecule has 8 nitrogen and oxygen atoms in total. The summed E-state index contributed by atoms with van der Waals surface area (Å²) in [6.45, 7) is 4.61. The number of carboxylic acid groups (broad SMARTS) is 1. The summed E-state index contributed by atoms with van der Waals surface area (Å²) in [5.41, 5.74) is 4.57. The van der Waals surface area contributed by atoms with Crippen molar-refractivity contribution >= 4 is 18.0 Å². The number of carboxylic acids is 1. The van der Waals surface area contributed by atoms with Gasteiger partial charge in [-0.25, -0.2) is 4.79 Å². The zero-order valence-corrected chi connectivity index (χ0v) is 20.1. The Morgan fingerprint density at radius 2 is 1.71 bits per heavy atom. The molecular formula is C27H32N2O6. The molecule has 3 unspecified atom stereocenters. The van der Waals surface area contributed by atoms with Crippen molar-refractivity contribution in [2.24, 2.45) is 5.92 Å². The van der Waals surface area contributed by atoms with Crippen LogP contribution in [0, 0.1) is 5.92 Å². The number of benzene rings is 2. The summed E-state index contributed by atoms with van der Waals surface area (Å²) in [5.74, 6) is -1.96. The van der Waals surface area contributed by atoms with E-state index in [2.05, 4.69) is 29.6 Å². The first-order valence-corrected chi connectivity index (χ1v) is 12.1.